The first-order chi connectivity index (χ1) is 7.59. The lowest BCUT2D eigenvalue weighted by Gasteiger charge is -2.08. The van der Waals surface area contributed by atoms with Gasteiger partial charge in [-0.2, -0.15) is 0 Å². The Bertz CT molecular complexity index is 348. The largest absolute Gasteiger partial charge is 0.352 e. The van der Waals surface area contributed by atoms with Gasteiger partial charge in [0.2, 0.25) is 0 Å². The molecular weight excluding hydrogens is 200 g/mol. The minimum Gasteiger partial charge on any atom is -0.352 e. The second-order valence-corrected chi connectivity index (χ2v) is 4.44. The summed E-state index contributed by atoms with van der Waals surface area (Å²) in [7, 11) is 4.23. The van der Waals surface area contributed by atoms with Gasteiger partial charge in [0.1, 0.15) is 0 Å². The maximum atomic E-state index is 11.7. The Labute approximate surface area is 97.5 Å². The number of hydrogen-bond donors (Lipinski definition) is 2. The molecule has 0 fully saturated rings. The zero-order valence-corrected chi connectivity index (χ0v) is 10.3. The molecule has 0 aromatic heterocycles. The molecule has 1 amide bonds. The predicted molar refractivity (Wildman–Crippen MR) is 65.8 cm³/mol. The Hall–Kier alpha value is -1.35. The average Bonchev–Trinajstić information content (AvgIpc) is 2.24. The molecule has 0 atom stereocenters. The molecule has 1 aromatic rings. The van der Waals surface area contributed by atoms with Crippen LogP contribution in [0.3, 0.4) is 0 Å². The van der Waals surface area contributed by atoms with Crippen molar-refractivity contribution < 1.29 is 9.69 Å². The number of quaternary nitrogens is 1. The van der Waals surface area contributed by atoms with Gasteiger partial charge in [-0.3, -0.25) is 4.79 Å². The number of hydrogen-bond acceptors (Lipinski definition) is 1. The maximum Gasteiger partial charge on any atom is 0.251 e. The summed E-state index contributed by atoms with van der Waals surface area (Å²) >= 11 is 0. The van der Waals surface area contributed by atoms with Crippen LogP contribution in [0, 0.1) is 6.92 Å². The van der Waals surface area contributed by atoms with E-state index in [9.17, 15) is 4.79 Å². The smallest absolute Gasteiger partial charge is 0.251 e. The van der Waals surface area contributed by atoms with Crippen LogP contribution < -0.4 is 10.2 Å². The number of carbonyl (C=O) groups is 1. The van der Waals surface area contributed by atoms with Gasteiger partial charge in [-0.1, -0.05) is 17.7 Å². The molecule has 0 spiro atoms. The Kier molecular flexibility index (Phi) is 4.99. The first-order valence-corrected chi connectivity index (χ1v) is 5.73. The number of rotatable bonds is 5. The zero-order valence-electron chi connectivity index (χ0n) is 10.3. The Balaban J connectivity index is 2.35. The number of nitrogens with one attached hydrogen (secondary N) is 2. The molecule has 0 radical (unpaired) electrons. The van der Waals surface area contributed by atoms with Gasteiger partial charge in [0.25, 0.3) is 5.91 Å². The van der Waals surface area contributed by atoms with Gasteiger partial charge in [0.05, 0.1) is 20.6 Å². The highest BCUT2D eigenvalue weighted by Crippen LogP contribution is 2.03. The predicted octanol–water partition coefficient (Wildman–Crippen LogP) is 0.259. The molecule has 0 aliphatic carbocycles. The van der Waals surface area contributed by atoms with E-state index in [1.807, 2.05) is 31.2 Å². The molecule has 1 rings (SSSR count). The Morgan fingerprint density at radius 2 is 2.12 bits per heavy atom. The van der Waals surface area contributed by atoms with Gasteiger partial charge in [0.15, 0.2) is 0 Å². The quantitative estimate of drug-likeness (QED) is 0.687. The average molecular weight is 221 g/mol. The third-order valence-corrected chi connectivity index (χ3v) is 2.42. The number of amides is 1. The van der Waals surface area contributed by atoms with E-state index in [-0.39, 0.29) is 5.91 Å². The van der Waals surface area contributed by atoms with E-state index in [1.54, 1.807) is 0 Å². The molecule has 2 N–H and O–H groups in total. The Morgan fingerprint density at radius 1 is 1.38 bits per heavy atom. The molecule has 1 aromatic carbocycles. The summed E-state index contributed by atoms with van der Waals surface area (Å²) in [5.74, 6) is 0.0254. The fourth-order valence-corrected chi connectivity index (χ4v) is 1.53. The van der Waals surface area contributed by atoms with E-state index >= 15 is 0 Å². The zero-order chi connectivity index (χ0) is 12.0. The van der Waals surface area contributed by atoms with Crippen molar-refractivity contribution in [2.75, 3.05) is 27.2 Å². The summed E-state index contributed by atoms with van der Waals surface area (Å²) in [6.07, 6.45) is 1.01. The molecule has 16 heavy (non-hydrogen) atoms. The van der Waals surface area contributed by atoms with Crippen LogP contribution in [0.25, 0.3) is 0 Å². The summed E-state index contributed by atoms with van der Waals surface area (Å²) in [5.41, 5.74) is 1.86. The lowest BCUT2D eigenvalue weighted by molar-refractivity contribution is -0.858. The molecule has 88 valence electrons. The standard InChI is InChI=1S/C13H20N2O/c1-11-6-4-7-12(10-11)13(16)14-8-5-9-15(2)3/h4,6-7,10H,5,8-9H2,1-3H3,(H,14,16)/p+1. The van der Waals surface area contributed by atoms with Crippen LogP contribution in [0.2, 0.25) is 0 Å². The van der Waals surface area contributed by atoms with Crippen molar-refractivity contribution in [2.45, 2.75) is 13.3 Å². The Morgan fingerprint density at radius 3 is 2.75 bits per heavy atom. The molecule has 0 unspecified atom stereocenters. The third-order valence-electron chi connectivity index (χ3n) is 2.42. The lowest BCUT2D eigenvalue weighted by Crippen LogP contribution is -3.05. The van der Waals surface area contributed by atoms with Crippen molar-refractivity contribution in [1.82, 2.24) is 5.32 Å². The minimum absolute atomic E-state index is 0.0254. The van der Waals surface area contributed by atoms with E-state index in [2.05, 4.69) is 19.4 Å². The SMILES string of the molecule is Cc1cccc(C(=O)NCCC[NH+](C)C)c1. The fourth-order valence-electron chi connectivity index (χ4n) is 1.53. The number of carbonyl (C=O) groups excluding carboxylic acids is 1. The number of benzene rings is 1. The highest BCUT2D eigenvalue weighted by Gasteiger charge is 2.04. The van der Waals surface area contributed by atoms with Crippen LogP contribution in [-0.2, 0) is 0 Å². The maximum absolute atomic E-state index is 11.7. The van der Waals surface area contributed by atoms with Gasteiger partial charge < -0.3 is 10.2 Å². The molecule has 3 heteroatoms. The highest BCUT2D eigenvalue weighted by atomic mass is 16.1. The van der Waals surface area contributed by atoms with Crippen LogP contribution in [-0.4, -0.2) is 33.1 Å². The van der Waals surface area contributed by atoms with E-state index in [1.165, 1.54) is 4.90 Å². The van der Waals surface area contributed by atoms with Crippen molar-refractivity contribution in [3.63, 3.8) is 0 Å². The van der Waals surface area contributed by atoms with Gasteiger partial charge in [-0.15, -0.1) is 0 Å². The van der Waals surface area contributed by atoms with Gasteiger partial charge >= 0.3 is 0 Å². The van der Waals surface area contributed by atoms with Crippen molar-refractivity contribution in [2.24, 2.45) is 0 Å². The molecule has 0 aliphatic heterocycles. The van der Waals surface area contributed by atoms with Crippen LogP contribution in [0.5, 0.6) is 0 Å². The van der Waals surface area contributed by atoms with E-state index in [0.717, 1.165) is 30.6 Å². The van der Waals surface area contributed by atoms with Crippen LogP contribution in [0.4, 0.5) is 0 Å². The summed E-state index contributed by atoms with van der Waals surface area (Å²) in [4.78, 5) is 13.1. The summed E-state index contributed by atoms with van der Waals surface area (Å²) in [6.45, 7) is 3.82. The second-order valence-electron chi connectivity index (χ2n) is 4.44. The van der Waals surface area contributed by atoms with Crippen molar-refractivity contribution in [1.29, 1.82) is 0 Å². The third kappa shape index (κ3) is 4.45. The number of aryl methyl sites for hydroxylation is 1. The minimum atomic E-state index is 0.0254. The topological polar surface area (TPSA) is 33.5 Å². The van der Waals surface area contributed by atoms with Gasteiger partial charge in [-0.25, -0.2) is 0 Å². The van der Waals surface area contributed by atoms with E-state index in [0.29, 0.717) is 0 Å². The van der Waals surface area contributed by atoms with Crippen LogP contribution in [0.1, 0.15) is 22.3 Å². The van der Waals surface area contributed by atoms with Crippen molar-refractivity contribution in [3.05, 3.63) is 35.4 Å². The van der Waals surface area contributed by atoms with E-state index in [4.69, 9.17) is 0 Å². The lowest BCUT2D eigenvalue weighted by atomic mass is 10.1. The first-order valence-electron chi connectivity index (χ1n) is 5.73. The van der Waals surface area contributed by atoms with Crippen molar-refractivity contribution in [3.8, 4) is 0 Å². The molecule has 0 heterocycles. The molecule has 0 saturated carbocycles. The van der Waals surface area contributed by atoms with Crippen LogP contribution >= 0.6 is 0 Å². The highest BCUT2D eigenvalue weighted by molar-refractivity contribution is 5.94. The van der Waals surface area contributed by atoms with Gasteiger partial charge in [-0.05, 0) is 19.1 Å². The summed E-state index contributed by atoms with van der Waals surface area (Å²) in [5, 5.41) is 2.93. The van der Waals surface area contributed by atoms with E-state index < -0.39 is 0 Å². The molecule has 0 bridgehead atoms. The van der Waals surface area contributed by atoms with Crippen LogP contribution in [0.15, 0.2) is 24.3 Å². The monoisotopic (exact) mass is 221 g/mol. The summed E-state index contributed by atoms with van der Waals surface area (Å²) < 4.78 is 0. The second kappa shape index (κ2) is 6.28. The molecule has 3 nitrogen and oxygen atoms in total. The normalized spacial score (nSPS) is 10.5. The van der Waals surface area contributed by atoms with Crippen molar-refractivity contribution >= 4 is 5.91 Å². The fraction of sp³-hybridized carbons (Fsp3) is 0.462. The molecular formula is C13H21N2O+. The first kappa shape index (κ1) is 12.7. The molecule has 0 saturated heterocycles. The molecule has 0 aliphatic rings. The van der Waals surface area contributed by atoms with Gasteiger partial charge in [0, 0.05) is 18.5 Å². The summed E-state index contributed by atoms with van der Waals surface area (Å²) in [6, 6.07) is 7.66.